The van der Waals surface area contributed by atoms with Gasteiger partial charge in [-0.2, -0.15) is 13.2 Å². The van der Waals surface area contributed by atoms with E-state index in [9.17, 15) is 17.6 Å². The normalized spacial score (nSPS) is 31.4. The van der Waals surface area contributed by atoms with Crippen molar-refractivity contribution in [2.75, 3.05) is 13.1 Å². The van der Waals surface area contributed by atoms with Gasteiger partial charge in [-0.05, 0) is 36.6 Å². The molecule has 0 bridgehead atoms. The molecular weight excluding hydrogens is 234 g/mol. The van der Waals surface area contributed by atoms with Gasteiger partial charge in [0.15, 0.2) is 0 Å². The number of hydrogen-bond acceptors (Lipinski definition) is 1. The van der Waals surface area contributed by atoms with Crippen LogP contribution in [0.15, 0.2) is 18.2 Å². The van der Waals surface area contributed by atoms with Gasteiger partial charge >= 0.3 is 6.18 Å². The molecule has 1 aromatic rings. The minimum absolute atomic E-state index is 0.242. The summed E-state index contributed by atoms with van der Waals surface area (Å²) in [6.45, 7) is 1.50. The molecule has 1 aromatic carbocycles. The Morgan fingerprint density at radius 1 is 1.29 bits per heavy atom. The zero-order valence-electron chi connectivity index (χ0n) is 8.94. The molecule has 2 atom stereocenters. The van der Waals surface area contributed by atoms with Gasteiger partial charge in [-0.1, -0.05) is 6.07 Å². The molecule has 1 aliphatic carbocycles. The monoisotopic (exact) mass is 245 g/mol. The fourth-order valence-corrected chi connectivity index (χ4v) is 2.85. The van der Waals surface area contributed by atoms with Gasteiger partial charge < -0.3 is 5.32 Å². The van der Waals surface area contributed by atoms with Crippen molar-refractivity contribution in [3.05, 3.63) is 35.1 Å². The Balaban J connectivity index is 1.98. The molecule has 92 valence electrons. The van der Waals surface area contributed by atoms with Gasteiger partial charge in [-0.3, -0.25) is 0 Å². The van der Waals surface area contributed by atoms with Gasteiger partial charge in [-0.25, -0.2) is 4.39 Å². The molecule has 3 rings (SSSR count). The third kappa shape index (κ3) is 1.56. The molecule has 1 heterocycles. The zero-order chi connectivity index (χ0) is 12.3. The highest BCUT2D eigenvalue weighted by Gasteiger charge is 2.59. The van der Waals surface area contributed by atoms with Crippen molar-refractivity contribution in [2.45, 2.75) is 18.0 Å². The topological polar surface area (TPSA) is 12.0 Å². The Bertz CT molecular complexity index is 468. The summed E-state index contributed by atoms with van der Waals surface area (Å²) in [6, 6.07) is 2.88. The molecule has 0 aromatic heterocycles. The van der Waals surface area contributed by atoms with Crippen LogP contribution in [0, 0.1) is 11.7 Å². The Hall–Kier alpha value is -1.10. The molecule has 2 fully saturated rings. The first-order valence-corrected chi connectivity index (χ1v) is 5.51. The average Bonchev–Trinajstić information content (AvgIpc) is 2.80. The quantitative estimate of drug-likeness (QED) is 0.750. The Kier molecular flexibility index (Phi) is 2.09. The number of fused-ring (bicyclic) bond motifs is 1. The van der Waals surface area contributed by atoms with Crippen LogP contribution in [0.3, 0.4) is 0 Å². The summed E-state index contributed by atoms with van der Waals surface area (Å²) in [5.41, 5.74) is -0.729. The summed E-state index contributed by atoms with van der Waals surface area (Å²) in [4.78, 5) is 0. The summed E-state index contributed by atoms with van der Waals surface area (Å²) in [5.74, 6) is -0.347. The van der Waals surface area contributed by atoms with Gasteiger partial charge in [0.05, 0.1) is 5.56 Å². The van der Waals surface area contributed by atoms with E-state index < -0.39 is 17.6 Å². The molecule has 0 amide bonds. The molecule has 1 saturated heterocycles. The second kappa shape index (κ2) is 3.22. The predicted molar refractivity (Wildman–Crippen MR) is 54.1 cm³/mol. The maximum absolute atomic E-state index is 13.8. The number of rotatable bonds is 1. The highest BCUT2D eigenvalue weighted by molar-refractivity contribution is 5.40. The summed E-state index contributed by atoms with van der Waals surface area (Å²) >= 11 is 0. The maximum atomic E-state index is 13.8. The summed E-state index contributed by atoms with van der Waals surface area (Å²) < 4.78 is 51.0. The zero-order valence-corrected chi connectivity index (χ0v) is 8.94. The first-order valence-electron chi connectivity index (χ1n) is 5.51. The van der Waals surface area contributed by atoms with Crippen LogP contribution in [-0.4, -0.2) is 13.1 Å². The molecule has 2 aliphatic rings. The molecule has 1 N–H and O–H groups in total. The number of benzene rings is 1. The lowest BCUT2D eigenvalue weighted by atomic mass is 9.93. The van der Waals surface area contributed by atoms with Crippen LogP contribution in [-0.2, 0) is 11.6 Å². The average molecular weight is 245 g/mol. The van der Waals surface area contributed by atoms with Crippen LogP contribution < -0.4 is 5.32 Å². The van der Waals surface area contributed by atoms with Crippen LogP contribution in [0.4, 0.5) is 17.6 Å². The predicted octanol–water partition coefficient (Wildman–Crippen LogP) is 2.71. The second-order valence-corrected chi connectivity index (χ2v) is 4.88. The fraction of sp³-hybridized carbons (Fsp3) is 0.500. The van der Waals surface area contributed by atoms with Crippen LogP contribution in [0.1, 0.15) is 17.5 Å². The molecule has 1 nitrogen and oxygen atoms in total. The second-order valence-electron chi connectivity index (χ2n) is 4.88. The third-order valence-electron chi connectivity index (χ3n) is 3.90. The van der Waals surface area contributed by atoms with E-state index in [4.69, 9.17) is 0 Å². The van der Waals surface area contributed by atoms with Gasteiger partial charge in [0.2, 0.25) is 0 Å². The van der Waals surface area contributed by atoms with Gasteiger partial charge in [0, 0.05) is 12.0 Å². The van der Waals surface area contributed by atoms with E-state index in [1.165, 1.54) is 6.07 Å². The highest BCUT2D eigenvalue weighted by Crippen LogP contribution is 2.57. The van der Waals surface area contributed by atoms with Crippen molar-refractivity contribution >= 4 is 0 Å². The molecule has 1 saturated carbocycles. The van der Waals surface area contributed by atoms with Crippen molar-refractivity contribution < 1.29 is 17.6 Å². The number of halogens is 4. The van der Waals surface area contributed by atoms with Gasteiger partial charge in [0.25, 0.3) is 0 Å². The smallest absolute Gasteiger partial charge is 0.316 e. The fourth-order valence-electron chi connectivity index (χ4n) is 2.85. The van der Waals surface area contributed by atoms with E-state index in [1.807, 2.05) is 0 Å². The SMILES string of the molecule is Fc1cc(C(F)(F)F)ccc1[C@@]12CNCC1C2. The third-order valence-corrected chi connectivity index (χ3v) is 3.90. The molecule has 1 unspecified atom stereocenters. The number of alkyl halides is 3. The molecule has 17 heavy (non-hydrogen) atoms. The molecule has 5 heteroatoms. The van der Waals surface area contributed by atoms with E-state index >= 15 is 0 Å². The minimum Gasteiger partial charge on any atom is -0.316 e. The summed E-state index contributed by atoms with van der Waals surface area (Å²) in [6.07, 6.45) is -3.60. The van der Waals surface area contributed by atoms with E-state index in [1.54, 1.807) is 0 Å². The lowest BCUT2D eigenvalue weighted by Gasteiger charge is -2.15. The standard InChI is InChI=1S/C12H11F4N/c13-10-3-7(12(14,15)16)1-2-9(10)11-4-8(11)5-17-6-11/h1-3,8,17H,4-6H2/t8?,11-/m0/s1. The van der Waals surface area contributed by atoms with Crippen molar-refractivity contribution in [3.8, 4) is 0 Å². The number of hydrogen-bond donors (Lipinski definition) is 1. The van der Waals surface area contributed by atoms with Crippen LogP contribution in [0.2, 0.25) is 0 Å². The molecule has 0 radical (unpaired) electrons. The van der Waals surface area contributed by atoms with Crippen LogP contribution in [0.25, 0.3) is 0 Å². The van der Waals surface area contributed by atoms with Crippen molar-refractivity contribution in [1.82, 2.24) is 5.32 Å². The van der Waals surface area contributed by atoms with Crippen molar-refractivity contribution in [3.63, 3.8) is 0 Å². The van der Waals surface area contributed by atoms with Crippen LogP contribution >= 0.6 is 0 Å². The number of piperidine rings is 1. The molecule has 1 aliphatic heterocycles. The first-order chi connectivity index (χ1) is 7.93. The Morgan fingerprint density at radius 2 is 2.06 bits per heavy atom. The first kappa shape index (κ1) is 11.0. The molecular formula is C12H11F4N. The minimum atomic E-state index is -4.48. The number of nitrogens with one attached hydrogen (secondary N) is 1. The van der Waals surface area contributed by atoms with Crippen molar-refractivity contribution in [2.24, 2.45) is 5.92 Å². The van der Waals surface area contributed by atoms with Gasteiger partial charge in [0.1, 0.15) is 5.82 Å². The maximum Gasteiger partial charge on any atom is 0.416 e. The summed E-state index contributed by atoms with van der Waals surface area (Å²) in [7, 11) is 0. The Labute approximate surface area is 95.8 Å². The molecule has 0 spiro atoms. The summed E-state index contributed by atoms with van der Waals surface area (Å²) in [5, 5.41) is 3.14. The van der Waals surface area contributed by atoms with E-state index in [2.05, 4.69) is 5.32 Å². The highest BCUT2D eigenvalue weighted by atomic mass is 19.4. The Morgan fingerprint density at radius 3 is 2.53 bits per heavy atom. The van der Waals surface area contributed by atoms with Crippen LogP contribution in [0.5, 0.6) is 0 Å². The van der Waals surface area contributed by atoms with Gasteiger partial charge in [-0.15, -0.1) is 0 Å². The lowest BCUT2D eigenvalue weighted by molar-refractivity contribution is -0.137. The van der Waals surface area contributed by atoms with E-state index in [-0.39, 0.29) is 5.41 Å². The van der Waals surface area contributed by atoms with E-state index in [0.717, 1.165) is 19.0 Å². The van der Waals surface area contributed by atoms with E-state index in [0.29, 0.717) is 24.1 Å². The lowest BCUT2D eigenvalue weighted by Crippen LogP contribution is -2.20. The largest absolute Gasteiger partial charge is 0.416 e. The van der Waals surface area contributed by atoms with Crippen molar-refractivity contribution in [1.29, 1.82) is 0 Å².